The lowest BCUT2D eigenvalue weighted by Crippen LogP contribution is -2.30. The average molecular weight is 356 g/mol. The van der Waals surface area contributed by atoms with Gasteiger partial charge >= 0.3 is 0 Å². The molecule has 1 aliphatic heterocycles. The highest BCUT2D eigenvalue weighted by molar-refractivity contribution is 7.89. The molecule has 1 unspecified atom stereocenters. The summed E-state index contributed by atoms with van der Waals surface area (Å²) in [6.45, 7) is 4.37. The van der Waals surface area contributed by atoms with Crippen LogP contribution in [0, 0.1) is 0 Å². The van der Waals surface area contributed by atoms with E-state index in [1.165, 1.54) is 16.4 Å². The standard InChI is InChI=1S/C15H18ClN3O3S/c1-10(2)14-17-15(22-18-14)13-4-3-9-19(13)23(20,21)12-7-5-11(16)6-8-12/h5-8,10,13H,3-4,9H2,1-2H3. The van der Waals surface area contributed by atoms with Gasteiger partial charge in [-0.1, -0.05) is 30.6 Å². The van der Waals surface area contributed by atoms with Crippen LogP contribution in [-0.2, 0) is 10.0 Å². The van der Waals surface area contributed by atoms with E-state index < -0.39 is 16.1 Å². The van der Waals surface area contributed by atoms with Gasteiger partial charge in [0, 0.05) is 17.5 Å². The molecular weight excluding hydrogens is 338 g/mol. The smallest absolute Gasteiger partial charge is 0.245 e. The lowest BCUT2D eigenvalue weighted by molar-refractivity contribution is 0.289. The van der Waals surface area contributed by atoms with Crippen molar-refractivity contribution in [2.24, 2.45) is 0 Å². The van der Waals surface area contributed by atoms with E-state index in [0.29, 0.717) is 29.7 Å². The van der Waals surface area contributed by atoms with Crippen LogP contribution in [0.4, 0.5) is 0 Å². The fourth-order valence-corrected chi connectivity index (χ4v) is 4.41. The Labute approximate surface area is 140 Å². The van der Waals surface area contributed by atoms with Gasteiger partial charge in [-0.25, -0.2) is 8.42 Å². The highest BCUT2D eigenvalue weighted by Crippen LogP contribution is 2.36. The van der Waals surface area contributed by atoms with Gasteiger partial charge in [0.25, 0.3) is 0 Å². The van der Waals surface area contributed by atoms with Crippen LogP contribution in [0.5, 0.6) is 0 Å². The number of nitrogens with zero attached hydrogens (tertiary/aromatic N) is 3. The molecule has 0 spiro atoms. The van der Waals surface area contributed by atoms with Crippen LogP contribution in [0.2, 0.25) is 5.02 Å². The number of aromatic nitrogens is 2. The Morgan fingerprint density at radius 2 is 2.00 bits per heavy atom. The van der Waals surface area contributed by atoms with Crippen LogP contribution in [0.15, 0.2) is 33.7 Å². The van der Waals surface area contributed by atoms with Crippen molar-refractivity contribution in [3.8, 4) is 0 Å². The fraction of sp³-hybridized carbons (Fsp3) is 0.467. The van der Waals surface area contributed by atoms with Crippen molar-refractivity contribution in [2.45, 2.75) is 43.5 Å². The summed E-state index contributed by atoms with van der Waals surface area (Å²) >= 11 is 5.84. The van der Waals surface area contributed by atoms with Crippen LogP contribution < -0.4 is 0 Å². The van der Waals surface area contributed by atoms with Gasteiger partial charge < -0.3 is 4.52 Å². The molecule has 2 aromatic rings. The van der Waals surface area contributed by atoms with Crippen LogP contribution >= 0.6 is 11.6 Å². The van der Waals surface area contributed by atoms with Crippen LogP contribution in [0.1, 0.15) is 50.4 Å². The van der Waals surface area contributed by atoms with E-state index in [1.54, 1.807) is 12.1 Å². The molecule has 1 aliphatic rings. The maximum atomic E-state index is 12.9. The first-order valence-electron chi connectivity index (χ1n) is 7.50. The van der Waals surface area contributed by atoms with Gasteiger partial charge in [0.1, 0.15) is 6.04 Å². The van der Waals surface area contributed by atoms with E-state index in [1.807, 2.05) is 13.8 Å². The SMILES string of the molecule is CC(C)c1noc(C2CCCN2S(=O)(=O)c2ccc(Cl)cc2)n1. The predicted molar refractivity (Wildman–Crippen MR) is 85.7 cm³/mol. The summed E-state index contributed by atoms with van der Waals surface area (Å²) in [7, 11) is -3.62. The first-order chi connectivity index (χ1) is 10.9. The topological polar surface area (TPSA) is 76.3 Å². The number of sulfonamides is 1. The van der Waals surface area contributed by atoms with Crippen molar-refractivity contribution in [3.63, 3.8) is 0 Å². The molecule has 1 saturated heterocycles. The van der Waals surface area contributed by atoms with Gasteiger partial charge in [0.05, 0.1) is 4.90 Å². The summed E-state index contributed by atoms with van der Waals surface area (Å²) in [5.41, 5.74) is 0. The predicted octanol–water partition coefficient (Wildman–Crippen LogP) is 3.37. The normalized spacial score (nSPS) is 19.6. The molecule has 0 aliphatic carbocycles. The average Bonchev–Trinajstić information content (AvgIpc) is 3.16. The van der Waals surface area contributed by atoms with Crippen molar-refractivity contribution < 1.29 is 12.9 Å². The fourth-order valence-electron chi connectivity index (χ4n) is 2.63. The Balaban J connectivity index is 1.92. The van der Waals surface area contributed by atoms with Crippen molar-refractivity contribution in [1.82, 2.24) is 14.4 Å². The van der Waals surface area contributed by atoms with Gasteiger partial charge in [-0.2, -0.15) is 9.29 Å². The highest BCUT2D eigenvalue weighted by atomic mass is 35.5. The minimum absolute atomic E-state index is 0.134. The first-order valence-corrected chi connectivity index (χ1v) is 9.32. The zero-order valence-corrected chi connectivity index (χ0v) is 14.5. The molecule has 0 N–H and O–H groups in total. The zero-order chi connectivity index (χ0) is 16.6. The van der Waals surface area contributed by atoms with E-state index >= 15 is 0 Å². The lowest BCUT2D eigenvalue weighted by Gasteiger charge is -2.21. The summed E-state index contributed by atoms with van der Waals surface area (Å²) in [5.74, 6) is 1.09. The lowest BCUT2D eigenvalue weighted by atomic mass is 10.2. The molecule has 0 radical (unpaired) electrons. The molecular formula is C15H18ClN3O3S. The Morgan fingerprint density at radius 1 is 1.30 bits per heavy atom. The quantitative estimate of drug-likeness (QED) is 0.840. The molecule has 3 rings (SSSR count). The summed E-state index contributed by atoms with van der Waals surface area (Å²) < 4.78 is 32.5. The minimum atomic E-state index is -3.62. The molecule has 0 saturated carbocycles. The van der Waals surface area contributed by atoms with Gasteiger partial charge in [0.2, 0.25) is 15.9 Å². The maximum absolute atomic E-state index is 12.9. The van der Waals surface area contributed by atoms with E-state index in [2.05, 4.69) is 10.1 Å². The van der Waals surface area contributed by atoms with Crippen molar-refractivity contribution in [1.29, 1.82) is 0 Å². The summed E-state index contributed by atoms with van der Waals surface area (Å²) in [6.07, 6.45) is 1.43. The Hall–Kier alpha value is -1.44. The third-order valence-electron chi connectivity index (χ3n) is 3.88. The van der Waals surface area contributed by atoms with E-state index in [0.717, 1.165) is 6.42 Å². The van der Waals surface area contributed by atoms with E-state index in [-0.39, 0.29) is 10.8 Å². The molecule has 1 aromatic heterocycles. The summed E-state index contributed by atoms with van der Waals surface area (Å²) in [6, 6.07) is 5.77. The van der Waals surface area contributed by atoms with E-state index in [9.17, 15) is 8.42 Å². The second kappa shape index (κ2) is 6.22. The van der Waals surface area contributed by atoms with Gasteiger partial charge in [-0.15, -0.1) is 0 Å². The van der Waals surface area contributed by atoms with Crippen molar-refractivity contribution in [2.75, 3.05) is 6.54 Å². The number of halogens is 1. The maximum Gasteiger partial charge on any atom is 0.245 e. The van der Waals surface area contributed by atoms with Gasteiger partial charge in [-0.05, 0) is 37.1 Å². The number of rotatable bonds is 4. The Bertz CT molecular complexity index is 787. The molecule has 1 aromatic carbocycles. The van der Waals surface area contributed by atoms with Gasteiger partial charge in [-0.3, -0.25) is 0 Å². The molecule has 1 atom stereocenters. The zero-order valence-electron chi connectivity index (χ0n) is 12.9. The molecule has 8 heteroatoms. The number of hydrogen-bond donors (Lipinski definition) is 0. The molecule has 6 nitrogen and oxygen atoms in total. The minimum Gasteiger partial charge on any atom is -0.338 e. The summed E-state index contributed by atoms with van der Waals surface area (Å²) in [5, 5.41) is 4.44. The molecule has 124 valence electrons. The number of benzene rings is 1. The molecule has 0 bridgehead atoms. The van der Waals surface area contributed by atoms with Crippen molar-refractivity contribution in [3.05, 3.63) is 41.0 Å². The largest absolute Gasteiger partial charge is 0.338 e. The number of hydrogen-bond acceptors (Lipinski definition) is 5. The Kier molecular flexibility index (Phi) is 4.44. The second-order valence-corrected chi connectivity index (χ2v) is 8.20. The molecule has 23 heavy (non-hydrogen) atoms. The van der Waals surface area contributed by atoms with Crippen LogP contribution in [0.25, 0.3) is 0 Å². The molecule has 1 fully saturated rings. The summed E-state index contributed by atoms with van der Waals surface area (Å²) in [4.78, 5) is 4.58. The monoisotopic (exact) mass is 355 g/mol. The third-order valence-corrected chi connectivity index (χ3v) is 6.06. The third kappa shape index (κ3) is 3.13. The van der Waals surface area contributed by atoms with Crippen LogP contribution in [0.3, 0.4) is 0 Å². The first kappa shape index (κ1) is 16.4. The van der Waals surface area contributed by atoms with Crippen molar-refractivity contribution >= 4 is 21.6 Å². The van der Waals surface area contributed by atoms with E-state index in [4.69, 9.17) is 16.1 Å². The molecule has 2 heterocycles. The van der Waals surface area contributed by atoms with Gasteiger partial charge in [0.15, 0.2) is 5.82 Å². The second-order valence-electron chi connectivity index (χ2n) is 5.87. The Morgan fingerprint density at radius 3 is 2.61 bits per heavy atom. The molecule has 0 amide bonds. The highest BCUT2D eigenvalue weighted by Gasteiger charge is 2.39. The van der Waals surface area contributed by atoms with Crippen LogP contribution in [-0.4, -0.2) is 29.4 Å².